The van der Waals surface area contributed by atoms with E-state index < -0.39 is 29.0 Å². The number of hydrogen-bond donors (Lipinski definition) is 0. The molecule has 0 spiro atoms. The third-order valence-electron chi connectivity index (χ3n) is 1.36. The standard InChI is InChI=1S/C4H10Cl6Ge2Si/c1-13(2,3-11(5,6)7)4-12(8,9)10/h3-4H2,1-2H3. The van der Waals surface area contributed by atoms with Gasteiger partial charge in [0.2, 0.25) is 0 Å². The Hall–Kier alpha value is 3.04. The molecule has 0 aliphatic carbocycles. The third-order valence-corrected chi connectivity index (χ3v) is 33.7. The molecule has 80 valence electrons. The van der Waals surface area contributed by atoms with Gasteiger partial charge in [0.15, 0.2) is 0 Å². The van der Waals surface area contributed by atoms with E-state index in [1.165, 1.54) is 0 Å². The maximum atomic E-state index is 5.89. The zero-order valence-corrected chi connectivity index (χ0v) is 16.9. The Morgan fingerprint density at radius 3 is 1.15 bits per heavy atom. The van der Waals surface area contributed by atoms with E-state index in [4.69, 9.17) is 60.1 Å². The Morgan fingerprint density at radius 1 is 0.769 bits per heavy atom. The van der Waals surface area contributed by atoms with Crippen LogP contribution in [-0.4, -0.2) is 29.0 Å². The predicted octanol–water partition coefficient (Wildman–Crippen LogP) is 5.08. The van der Waals surface area contributed by atoms with Gasteiger partial charge in [0.05, 0.1) is 0 Å². The number of hydrogen-bond acceptors (Lipinski definition) is 0. The van der Waals surface area contributed by atoms with Crippen LogP contribution < -0.4 is 0 Å². The fourth-order valence-electron chi connectivity index (χ4n) is 1.15. The summed E-state index contributed by atoms with van der Waals surface area (Å²) in [5, 5.41) is 0. The molecule has 0 atom stereocenters. The molecule has 0 aliphatic rings. The van der Waals surface area contributed by atoms with E-state index in [0.29, 0.717) is 0 Å². The van der Waals surface area contributed by atoms with Crippen LogP contribution in [0, 0.1) is 0 Å². The van der Waals surface area contributed by atoms with Gasteiger partial charge in [-0.05, 0) is 0 Å². The number of rotatable bonds is 4. The van der Waals surface area contributed by atoms with Crippen molar-refractivity contribution in [1.29, 1.82) is 0 Å². The molecule has 0 unspecified atom stereocenters. The second kappa shape index (κ2) is 5.59. The van der Waals surface area contributed by atoms with Crippen LogP contribution >= 0.6 is 60.1 Å². The van der Waals surface area contributed by atoms with Crippen molar-refractivity contribution in [3.63, 3.8) is 0 Å². The van der Waals surface area contributed by atoms with Crippen molar-refractivity contribution >= 4 is 89.1 Å². The molecule has 0 fully saturated rings. The molecule has 0 rings (SSSR count). The summed E-state index contributed by atoms with van der Waals surface area (Å²) in [5.74, 6) is 0. The molecule has 0 aliphatic heterocycles. The van der Waals surface area contributed by atoms with Gasteiger partial charge in [0.1, 0.15) is 0 Å². The SMILES string of the molecule is C[Si](C)([CH2][Ge]([Cl])([Cl])[Cl])[CH2][Ge]([Cl])([Cl])[Cl]. The van der Waals surface area contributed by atoms with Gasteiger partial charge < -0.3 is 0 Å². The Labute approximate surface area is 110 Å². The summed E-state index contributed by atoms with van der Waals surface area (Å²) in [6.07, 6.45) is 0. The van der Waals surface area contributed by atoms with E-state index in [-0.39, 0.29) is 0 Å². The first-order valence-corrected chi connectivity index (χ1v) is 26.5. The van der Waals surface area contributed by atoms with E-state index in [1.54, 1.807) is 0 Å². The summed E-state index contributed by atoms with van der Waals surface area (Å²) in [6, 6.07) is 0. The second-order valence-corrected chi connectivity index (χ2v) is 44.5. The van der Waals surface area contributed by atoms with Gasteiger partial charge in [0, 0.05) is 0 Å². The molecule has 0 aromatic carbocycles. The molecule has 0 bridgehead atoms. The molecule has 0 saturated heterocycles. The molecule has 0 N–H and O–H groups in total. The van der Waals surface area contributed by atoms with Gasteiger partial charge in [-0.25, -0.2) is 0 Å². The van der Waals surface area contributed by atoms with Crippen molar-refractivity contribution in [2.45, 2.75) is 22.8 Å². The first kappa shape index (κ1) is 16.0. The molecular weight excluding hydrogens is 434 g/mol. The van der Waals surface area contributed by atoms with Crippen molar-refractivity contribution in [2.24, 2.45) is 0 Å². The molecular formula is C4H10Cl6Ge2Si. The topological polar surface area (TPSA) is 0 Å². The van der Waals surface area contributed by atoms with Crippen molar-refractivity contribution in [1.82, 2.24) is 0 Å². The van der Waals surface area contributed by atoms with Crippen molar-refractivity contribution < 1.29 is 0 Å². The quantitative estimate of drug-likeness (QED) is 0.531. The Bertz CT molecular complexity index is 154. The minimum absolute atomic E-state index is 0.719. The molecule has 0 saturated carbocycles. The van der Waals surface area contributed by atoms with Crippen LogP contribution in [0.1, 0.15) is 0 Å². The second-order valence-electron chi connectivity index (χ2n) is 3.75. The van der Waals surface area contributed by atoms with Crippen molar-refractivity contribution in [3.8, 4) is 0 Å². The zero-order chi connectivity index (χ0) is 10.9. The molecule has 0 amide bonds. The summed E-state index contributed by atoms with van der Waals surface area (Å²) in [7, 11) is 27.7. The average Bonchev–Trinajstić information content (AvgIpc) is 1.43. The number of halogens is 6. The van der Waals surface area contributed by atoms with E-state index in [0.717, 1.165) is 9.75 Å². The first-order valence-electron chi connectivity index (χ1n) is 3.55. The summed E-state index contributed by atoms with van der Waals surface area (Å²) in [4.78, 5) is 1.44. The van der Waals surface area contributed by atoms with Gasteiger partial charge in [-0.2, -0.15) is 0 Å². The fourth-order valence-corrected chi connectivity index (χ4v) is 55.8. The van der Waals surface area contributed by atoms with Gasteiger partial charge >= 0.3 is 112 Å². The predicted molar refractivity (Wildman–Crippen MR) is 73.7 cm³/mol. The average molecular weight is 444 g/mol. The molecule has 13 heavy (non-hydrogen) atoms. The molecule has 0 aromatic heterocycles. The Balaban J connectivity index is 4.25. The van der Waals surface area contributed by atoms with Crippen molar-refractivity contribution in [2.75, 3.05) is 0 Å². The van der Waals surface area contributed by atoms with E-state index in [2.05, 4.69) is 13.1 Å². The molecule has 0 radical (unpaired) electrons. The van der Waals surface area contributed by atoms with Gasteiger partial charge in [-0.1, -0.05) is 0 Å². The van der Waals surface area contributed by atoms with Crippen LogP contribution in [0.25, 0.3) is 0 Å². The summed E-state index contributed by atoms with van der Waals surface area (Å²) in [6.45, 7) is 4.24. The van der Waals surface area contributed by atoms with Crippen LogP contribution in [0.5, 0.6) is 0 Å². The van der Waals surface area contributed by atoms with Crippen LogP contribution in [0.3, 0.4) is 0 Å². The van der Waals surface area contributed by atoms with E-state index in [1.807, 2.05) is 0 Å². The monoisotopic (exact) mass is 444 g/mol. The van der Waals surface area contributed by atoms with Crippen LogP contribution in [-0.2, 0) is 0 Å². The Kier molecular flexibility index (Phi) is 6.89. The maximum absolute atomic E-state index is 5.89. The van der Waals surface area contributed by atoms with Gasteiger partial charge in [-0.15, -0.1) is 0 Å². The summed E-state index contributed by atoms with van der Waals surface area (Å²) < 4.78 is 0. The summed E-state index contributed by atoms with van der Waals surface area (Å²) in [5.41, 5.74) is 0. The minimum atomic E-state index is -3.03. The fraction of sp³-hybridized carbons (Fsp3) is 1.00. The van der Waals surface area contributed by atoms with Gasteiger partial charge in [0.25, 0.3) is 0 Å². The Morgan fingerprint density at radius 2 is 1.00 bits per heavy atom. The normalized spacial score (nSPS) is 14.8. The summed E-state index contributed by atoms with van der Waals surface area (Å²) >= 11 is 0. The van der Waals surface area contributed by atoms with Gasteiger partial charge in [-0.3, -0.25) is 0 Å². The first-order chi connectivity index (χ1) is 5.41. The third kappa shape index (κ3) is 11.3. The van der Waals surface area contributed by atoms with Crippen LogP contribution in [0.2, 0.25) is 22.8 Å². The van der Waals surface area contributed by atoms with Crippen LogP contribution in [0.15, 0.2) is 0 Å². The van der Waals surface area contributed by atoms with E-state index >= 15 is 0 Å². The molecule has 0 aromatic rings. The van der Waals surface area contributed by atoms with Crippen molar-refractivity contribution in [3.05, 3.63) is 0 Å². The molecule has 0 nitrogen and oxygen atoms in total. The molecule has 9 heteroatoms. The molecule has 0 heterocycles. The van der Waals surface area contributed by atoms with Crippen LogP contribution in [0.4, 0.5) is 0 Å². The van der Waals surface area contributed by atoms with E-state index in [9.17, 15) is 0 Å². The zero-order valence-electron chi connectivity index (χ0n) is 7.18.